The second-order valence-corrected chi connectivity index (χ2v) is 0. The molecular formula is C2H14O4Os2-2. The summed E-state index contributed by atoms with van der Waals surface area (Å²) in [4.78, 5) is 0. The van der Waals surface area contributed by atoms with Crippen molar-refractivity contribution in [2.24, 2.45) is 0 Å². The molecule has 0 fully saturated rings. The molecule has 0 saturated heterocycles. The molecule has 6 heteroatoms. The number of rotatable bonds is 0. The number of hydrogen-bond donors (Lipinski definition) is 0. The molecule has 0 rings (SSSR count). The zero-order valence-electron chi connectivity index (χ0n) is 2.60. The fourth-order valence-corrected chi connectivity index (χ4v) is 0. The van der Waals surface area contributed by atoms with Crippen LogP contribution in [0.5, 0.6) is 0 Å². The van der Waals surface area contributed by atoms with Gasteiger partial charge in [-0.3, -0.25) is 0 Å². The molecular weight excluding hydrogens is 468 g/mol. The van der Waals surface area contributed by atoms with Crippen LogP contribution in [0.4, 0.5) is 0 Å². The molecule has 0 radical (unpaired) electrons. The molecule has 0 heterocycles. The summed E-state index contributed by atoms with van der Waals surface area (Å²) in [6, 6.07) is 0. The van der Waals surface area contributed by atoms with E-state index in [9.17, 15) is 0 Å². The van der Waals surface area contributed by atoms with Crippen LogP contribution < -0.4 is 0 Å². The third-order valence-corrected chi connectivity index (χ3v) is 0. The molecule has 4 nitrogen and oxygen atoms in total. The Balaban J connectivity index is 0. The van der Waals surface area contributed by atoms with Crippen LogP contribution in [-0.4, -0.2) is 21.9 Å². The summed E-state index contributed by atoms with van der Waals surface area (Å²) in [5.41, 5.74) is 0. The topological polar surface area (TPSA) is 123 Å². The first-order chi connectivity index (χ1) is 0. The van der Waals surface area contributed by atoms with Crippen LogP contribution in [0.1, 0.15) is 14.9 Å². The minimum atomic E-state index is 0. The molecule has 0 spiro atoms. The van der Waals surface area contributed by atoms with Gasteiger partial charge in [-0.25, -0.2) is 0 Å². The van der Waals surface area contributed by atoms with Crippen LogP contribution in [0.3, 0.4) is 0 Å². The van der Waals surface area contributed by atoms with E-state index < -0.39 is 0 Å². The number of hydrogen-bond acceptors (Lipinski definition) is 2. The first kappa shape index (κ1) is 484. The Morgan fingerprint density at radius 2 is 0.500 bits per heavy atom. The summed E-state index contributed by atoms with van der Waals surface area (Å²) in [7, 11) is 0. The van der Waals surface area contributed by atoms with Gasteiger partial charge in [0.15, 0.2) is 0 Å². The van der Waals surface area contributed by atoms with Gasteiger partial charge in [-0.05, 0) is 0 Å². The van der Waals surface area contributed by atoms with Crippen molar-refractivity contribution in [3.63, 3.8) is 0 Å². The molecule has 0 amide bonds. The first-order valence-electron chi connectivity index (χ1n) is 0. The van der Waals surface area contributed by atoms with E-state index in [0.29, 0.717) is 0 Å². The van der Waals surface area contributed by atoms with Gasteiger partial charge in [0.25, 0.3) is 0 Å². The zero-order valence-corrected chi connectivity index (χ0v) is 7.68. The molecule has 0 saturated carbocycles. The van der Waals surface area contributed by atoms with Crippen molar-refractivity contribution in [2.75, 3.05) is 0 Å². The van der Waals surface area contributed by atoms with Crippen molar-refractivity contribution in [1.82, 2.24) is 0 Å². The maximum absolute atomic E-state index is 0. The third-order valence-electron chi connectivity index (χ3n) is 0. The van der Waals surface area contributed by atoms with Gasteiger partial charge in [-0.1, -0.05) is 14.9 Å². The van der Waals surface area contributed by atoms with Gasteiger partial charge in [0, 0.05) is 39.6 Å². The molecule has 0 aliphatic heterocycles. The van der Waals surface area contributed by atoms with Crippen molar-refractivity contribution < 1.29 is 61.5 Å². The average Bonchev–Trinajstić information content (AvgIpc) is 0. The molecule has 64 valence electrons. The van der Waals surface area contributed by atoms with E-state index in [1.54, 1.807) is 0 Å². The standard InChI is InChI=1S/2CH4.4H2O.2Os/h2*1H4;4*1H2;;/p-2. The van der Waals surface area contributed by atoms with Crippen LogP contribution in [0.15, 0.2) is 0 Å². The maximum Gasteiger partial charge on any atom is 0 e. The van der Waals surface area contributed by atoms with Crippen molar-refractivity contribution in [3.8, 4) is 0 Å². The predicted molar refractivity (Wildman–Crippen MR) is 24.6 cm³/mol. The van der Waals surface area contributed by atoms with Crippen LogP contribution in [0.2, 0.25) is 0 Å². The summed E-state index contributed by atoms with van der Waals surface area (Å²) in [6.07, 6.45) is 0. The summed E-state index contributed by atoms with van der Waals surface area (Å²) < 4.78 is 0. The second kappa shape index (κ2) is 331. The third kappa shape index (κ3) is 215. The molecule has 0 bridgehead atoms. The van der Waals surface area contributed by atoms with Crippen LogP contribution in [0.25, 0.3) is 0 Å². The molecule has 8 heavy (non-hydrogen) atoms. The fourth-order valence-electron chi connectivity index (χ4n) is 0. The van der Waals surface area contributed by atoms with E-state index in [2.05, 4.69) is 0 Å². The quantitative estimate of drug-likeness (QED) is 0.452. The molecule has 0 atom stereocenters. The molecule has 0 aromatic rings. The van der Waals surface area contributed by atoms with E-state index in [1.807, 2.05) is 0 Å². The predicted octanol–water partition coefficient (Wildman–Crippen LogP) is -0.736. The smallest absolute Gasteiger partial charge is 0 e. The summed E-state index contributed by atoms with van der Waals surface area (Å²) in [6.45, 7) is 0. The monoisotopic (exact) mass is 486 g/mol. The van der Waals surface area contributed by atoms with Gasteiger partial charge in [0.1, 0.15) is 0 Å². The van der Waals surface area contributed by atoms with Gasteiger partial charge < -0.3 is 21.9 Å². The van der Waals surface area contributed by atoms with E-state index >= 15 is 0 Å². The normalized spacial score (nSPS) is 0. The fraction of sp³-hybridized carbons (Fsp3) is 1.00. The first-order valence-corrected chi connectivity index (χ1v) is 0. The van der Waals surface area contributed by atoms with Crippen molar-refractivity contribution in [1.29, 1.82) is 0 Å². The Bertz CT molecular complexity index is 12.0. The molecule has 0 aromatic carbocycles. The molecule has 0 aromatic heterocycles. The van der Waals surface area contributed by atoms with Gasteiger partial charge in [0.05, 0.1) is 0 Å². The zero-order chi connectivity index (χ0) is 0. The van der Waals surface area contributed by atoms with E-state index in [4.69, 9.17) is 0 Å². The van der Waals surface area contributed by atoms with Crippen LogP contribution in [-0.2, 0) is 39.6 Å². The van der Waals surface area contributed by atoms with Crippen molar-refractivity contribution in [2.45, 2.75) is 14.9 Å². The van der Waals surface area contributed by atoms with Gasteiger partial charge >= 0.3 is 0 Å². The van der Waals surface area contributed by atoms with E-state index in [0.717, 1.165) is 0 Å². The van der Waals surface area contributed by atoms with Gasteiger partial charge in [-0.15, -0.1) is 0 Å². The van der Waals surface area contributed by atoms with Crippen LogP contribution >= 0.6 is 0 Å². The maximum atomic E-state index is 0. The minimum Gasteiger partial charge on any atom is -0.870 e. The van der Waals surface area contributed by atoms with Crippen molar-refractivity contribution >= 4 is 0 Å². The molecule has 0 aliphatic rings. The van der Waals surface area contributed by atoms with Gasteiger partial charge in [-0.2, -0.15) is 0 Å². The van der Waals surface area contributed by atoms with E-state index in [1.165, 1.54) is 0 Å². The summed E-state index contributed by atoms with van der Waals surface area (Å²) in [5.74, 6) is 0. The van der Waals surface area contributed by atoms with Crippen molar-refractivity contribution in [3.05, 3.63) is 0 Å². The minimum absolute atomic E-state index is 0. The Hall–Kier alpha value is 1.11. The Morgan fingerprint density at radius 1 is 0.500 bits per heavy atom. The SMILES string of the molecule is C.C.O.O.[OH-].[OH-].[Os].[Os]. The van der Waals surface area contributed by atoms with Crippen LogP contribution in [0, 0.1) is 0 Å². The molecule has 0 aliphatic carbocycles. The molecule has 0 unspecified atom stereocenters. The Kier molecular flexibility index (Phi) is 20100. The second-order valence-electron chi connectivity index (χ2n) is 0. The molecule has 6 N–H and O–H groups in total. The summed E-state index contributed by atoms with van der Waals surface area (Å²) in [5, 5.41) is 0. The Labute approximate surface area is 76.4 Å². The summed E-state index contributed by atoms with van der Waals surface area (Å²) >= 11 is 0. The Morgan fingerprint density at radius 3 is 0.500 bits per heavy atom. The average molecular weight is 483 g/mol. The van der Waals surface area contributed by atoms with E-state index in [-0.39, 0.29) is 76.3 Å². The van der Waals surface area contributed by atoms with Gasteiger partial charge in [0.2, 0.25) is 0 Å². The largest absolute Gasteiger partial charge is 0.870 e.